The number of aryl methyl sites for hydroxylation is 1. The van der Waals surface area contributed by atoms with Gasteiger partial charge in [-0.1, -0.05) is 38.8 Å². The van der Waals surface area contributed by atoms with Crippen LogP contribution in [-0.2, 0) is 7.05 Å². The van der Waals surface area contributed by atoms with Gasteiger partial charge in [-0.05, 0) is 43.7 Å². The fourth-order valence-corrected chi connectivity index (χ4v) is 3.49. The molecule has 0 amide bonds. The smallest absolute Gasteiger partial charge is 0.0728 e. The van der Waals surface area contributed by atoms with Crippen molar-refractivity contribution < 1.29 is 0 Å². The van der Waals surface area contributed by atoms with Crippen molar-refractivity contribution in [2.45, 2.75) is 52.4 Å². The summed E-state index contributed by atoms with van der Waals surface area (Å²) >= 11 is 0. The molecule has 1 aliphatic carbocycles. The number of hydrogen-bond donors (Lipinski definition) is 1. The van der Waals surface area contributed by atoms with E-state index in [1.54, 1.807) is 0 Å². The SMILES string of the molecule is CCC1CCC(CNCC(C)C)C(c2cnnn2C)C1. The summed E-state index contributed by atoms with van der Waals surface area (Å²) in [6.45, 7) is 9.10. The Morgan fingerprint density at radius 1 is 1.40 bits per heavy atom. The average Bonchev–Trinajstić information content (AvgIpc) is 2.85. The van der Waals surface area contributed by atoms with Crippen LogP contribution in [0, 0.1) is 17.8 Å². The molecule has 1 aliphatic rings. The van der Waals surface area contributed by atoms with Crippen LogP contribution in [0.25, 0.3) is 0 Å². The van der Waals surface area contributed by atoms with Crippen LogP contribution in [0.2, 0.25) is 0 Å². The van der Waals surface area contributed by atoms with Crippen LogP contribution in [0.5, 0.6) is 0 Å². The molecule has 3 atom stereocenters. The molecule has 4 nitrogen and oxygen atoms in total. The van der Waals surface area contributed by atoms with Crippen molar-refractivity contribution in [1.82, 2.24) is 20.3 Å². The van der Waals surface area contributed by atoms with E-state index in [4.69, 9.17) is 0 Å². The van der Waals surface area contributed by atoms with E-state index < -0.39 is 0 Å². The average molecular weight is 278 g/mol. The van der Waals surface area contributed by atoms with Gasteiger partial charge in [0, 0.05) is 13.0 Å². The number of nitrogens with one attached hydrogen (secondary N) is 1. The molecule has 2 rings (SSSR count). The molecule has 1 aromatic heterocycles. The summed E-state index contributed by atoms with van der Waals surface area (Å²) in [6, 6.07) is 0. The van der Waals surface area contributed by atoms with Crippen molar-refractivity contribution in [1.29, 1.82) is 0 Å². The molecule has 3 unspecified atom stereocenters. The zero-order valence-electron chi connectivity index (χ0n) is 13.5. The van der Waals surface area contributed by atoms with Gasteiger partial charge in [0.15, 0.2) is 0 Å². The molecule has 20 heavy (non-hydrogen) atoms. The Balaban J connectivity index is 2.02. The Labute approximate surface area is 123 Å². The largest absolute Gasteiger partial charge is 0.316 e. The van der Waals surface area contributed by atoms with Crippen molar-refractivity contribution in [2.24, 2.45) is 24.8 Å². The van der Waals surface area contributed by atoms with Gasteiger partial charge in [-0.3, -0.25) is 4.68 Å². The molecule has 114 valence electrons. The third-order valence-electron chi connectivity index (χ3n) is 4.77. The Hall–Kier alpha value is -0.900. The van der Waals surface area contributed by atoms with Crippen LogP contribution in [-0.4, -0.2) is 28.1 Å². The fraction of sp³-hybridized carbons (Fsp3) is 0.875. The van der Waals surface area contributed by atoms with Crippen molar-refractivity contribution in [2.75, 3.05) is 13.1 Å². The highest BCUT2D eigenvalue weighted by atomic mass is 15.4. The van der Waals surface area contributed by atoms with E-state index in [1.807, 2.05) is 17.9 Å². The van der Waals surface area contributed by atoms with Gasteiger partial charge in [-0.2, -0.15) is 0 Å². The van der Waals surface area contributed by atoms with Crippen molar-refractivity contribution in [3.05, 3.63) is 11.9 Å². The second-order valence-electron chi connectivity index (χ2n) is 6.79. The van der Waals surface area contributed by atoms with E-state index in [9.17, 15) is 0 Å². The highest BCUT2D eigenvalue weighted by Gasteiger charge is 2.32. The highest BCUT2D eigenvalue weighted by Crippen LogP contribution is 2.41. The Morgan fingerprint density at radius 3 is 2.80 bits per heavy atom. The lowest BCUT2D eigenvalue weighted by molar-refractivity contribution is 0.217. The lowest BCUT2D eigenvalue weighted by Crippen LogP contribution is -2.34. The van der Waals surface area contributed by atoms with Crippen LogP contribution in [0.3, 0.4) is 0 Å². The molecular formula is C16H30N4. The van der Waals surface area contributed by atoms with E-state index in [1.165, 1.54) is 31.4 Å². The second kappa shape index (κ2) is 7.21. The number of nitrogens with zero attached hydrogens (tertiary/aromatic N) is 3. The molecular weight excluding hydrogens is 248 g/mol. The predicted molar refractivity (Wildman–Crippen MR) is 82.6 cm³/mol. The summed E-state index contributed by atoms with van der Waals surface area (Å²) in [5, 5.41) is 11.9. The lowest BCUT2D eigenvalue weighted by atomic mass is 9.72. The van der Waals surface area contributed by atoms with Crippen molar-refractivity contribution in [3.63, 3.8) is 0 Å². The van der Waals surface area contributed by atoms with Gasteiger partial charge in [-0.15, -0.1) is 5.10 Å². The first-order chi connectivity index (χ1) is 9.61. The van der Waals surface area contributed by atoms with E-state index in [0.29, 0.717) is 5.92 Å². The first-order valence-corrected chi connectivity index (χ1v) is 8.17. The van der Waals surface area contributed by atoms with Crippen LogP contribution in [0.1, 0.15) is 58.1 Å². The molecule has 0 aromatic carbocycles. The predicted octanol–water partition coefficient (Wildman–Crippen LogP) is 2.97. The summed E-state index contributed by atoms with van der Waals surface area (Å²) in [7, 11) is 2.02. The molecule has 0 saturated heterocycles. The summed E-state index contributed by atoms with van der Waals surface area (Å²) in [4.78, 5) is 0. The zero-order valence-corrected chi connectivity index (χ0v) is 13.5. The first kappa shape index (κ1) is 15.5. The number of hydrogen-bond acceptors (Lipinski definition) is 3. The Bertz CT molecular complexity index is 399. The van der Waals surface area contributed by atoms with Crippen LogP contribution >= 0.6 is 0 Å². The van der Waals surface area contributed by atoms with E-state index in [2.05, 4.69) is 36.4 Å². The summed E-state index contributed by atoms with van der Waals surface area (Å²) in [5.74, 6) is 2.94. The van der Waals surface area contributed by atoms with E-state index >= 15 is 0 Å². The number of rotatable bonds is 6. The normalized spacial score (nSPS) is 27.1. The highest BCUT2D eigenvalue weighted by molar-refractivity contribution is 5.07. The Morgan fingerprint density at radius 2 is 2.20 bits per heavy atom. The molecule has 1 saturated carbocycles. The third-order valence-corrected chi connectivity index (χ3v) is 4.77. The summed E-state index contributed by atoms with van der Waals surface area (Å²) in [6.07, 6.45) is 7.28. The molecule has 1 fully saturated rings. The minimum absolute atomic E-state index is 0.619. The molecule has 1 heterocycles. The maximum atomic E-state index is 4.13. The molecule has 0 aliphatic heterocycles. The minimum Gasteiger partial charge on any atom is -0.316 e. The third kappa shape index (κ3) is 3.81. The van der Waals surface area contributed by atoms with Gasteiger partial charge in [-0.25, -0.2) is 0 Å². The Kier molecular flexibility index (Phi) is 5.58. The maximum Gasteiger partial charge on any atom is 0.0728 e. The number of aromatic nitrogens is 3. The van der Waals surface area contributed by atoms with Gasteiger partial charge in [0.2, 0.25) is 0 Å². The van der Waals surface area contributed by atoms with E-state index in [-0.39, 0.29) is 0 Å². The van der Waals surface area contributed by atoms with Crippen LogP contribution < -0.4 is 5.32 Å². The van der Waals surface area contributed by atoms with Crippen LogP contribution in [0.15, 0.2) is 6.20 Å². The quantitative estimate of drug-likeness (QED) is 0.870. The maximum absolute atomic E-state index is 4.13. The van der Waals surface area contributed by atoms with Gasteiger partial charge >= 0.3 is 0 Å². The van der Waals surface area contributed by atoms with Gasteiger partial charge in [0.1, 0.15) is 0 Å². The molecule has 1 N–H and O–H groups in total. The minimum atomic E-state index is 0.619. The van der Waals surface area contributed by atoms with Gasteiger partial charge < -0.3 is 5.32 Å². The van der Waals surface area contributed by atoms with Crippen molar-refractivity contribution >= 4 is 0 Å². The lowest BCUT2D eigenvalue weighted by Gasteiger charge is -2.36. The van der Waals surface area contributed by atoms with Gasteiger partial charge in [0.05, 0.1) is 11.9 Å². The molecule has 0 spiro atoms. The second-order valence-corrected chi connectivity index (χ2v) is 6.79. The topological polar surface area (TPSA) is 42.7 Å². The fourth-order valence-electron chi connectivity index (χ4n) is 3.49. The van der Waals surface area contributed by atoms with E-state index in [0.717, 1.165) is 30.8 Å². The summed E-state index contributed by atoms with van der Waals surface area (Å²) in [5.41, 5.74) is 1.32. The van der Waals surface area contributed by atoms with Gasteiger partial charge in [0.25, 0.3) is 0 Å². The monoisotopic (exact) mass is 278 g/mol. The standard InChI is InChI=1S/C16H30N4/c1-5-13-6-7-14(10-17-9-12(2)3)15(8-13)16-11-18-19-20(16)4/h11-15,17H,5-10H2,1-4H3. The first-order valence-electron chi connectivity index (χ1n) is 8.17. The molecule has 0 bridgehead atoms. The molecule has 1 aromatic rings. The molecule has 0 radical (unpaired) electrons. The zero-order chi connectivity index (χ0) is 14.5. The van der Waals surface area contributed by atoms with Crippen LogP contribution in [0.4, 0.5) is 0 Å². The van der Waals surface area contributed by atoms with Crippen molar-refractivity contribution in [3.8, 4) is 0 Å². The summed E-state index contributed by atoms with van der Waals surface area (Å²) < 4.78 is 1.97. The molecule has 4 heteroatoms.